The van der Waals surface area contributed by atoms with Gasteiger partial charge in [0.05, 0.1) is 10.7 Å². The van der Waals surface area contributed by atoms with E-state index in [1.165, 1.54) is 24.3 Å². The highest BCUT2D eigenvalue weighted by molar-refractivity contribution is 7.92. The largest absolute Gasteiger partial charge is 0.326 e. The SMILES string of the molecule is NCc1ccc(S(=O)(=O)Nc2ccc(Cl)cc2Cl)c(F)c1. The number of halogens is 3. The van der Waals surface area contributed by atoms with Crippen LogP contribution in [-0.2, 0) is 16.6 Å². The molecule has 0 saturated carbocycles. The van der Waals surface area contributed by atoms with Gasteiger partial charge in [0.15, 0.2) is 0 Å². The van der Waals surface area contributed by atoms with Crippen LogP contribution in [0.2, 0.25) is 10.0 Å². The van der Waals surface area contributed by atoms with Crippen molar-refractivity contribution in [3.63, 3.8) is 0 Å². The van der Waals surface area contributed by atoms with Crippen LogP contribution in [-0.4, -0.2) is 8.42 Å². The van der Waals surface area contributed by atoms with Crippen molar-refractivity contribution in [2.45, 2.75) is 11.4 Å². The van der Waals surface area contributed by atoms with Gasteiger partial charge in [0, 0.05) is 11.6 Å². The summed E-state index contributed by atoms with van der Waals surface area (Å²) < 4.78 is 40.5. The number of hydrogen-bond acceptors (Lipinski definition) is 3. The standard InChI is InChI=1S/C13H11Cl2FN2O2S/c14-9-2-3-12(10(15)6-9)18-21(19,20)13-4-1-8(7-17)5-11(13)16/h1-6,18H,7,17H2. The molecule has 0 aromatic heterocycles. The van der Waals surface area contributed by atoms with Gasteiger partial charge in [0.2, 0.25) is 0 Å². The van der Waals surface area contributed by atoms with E-state index in [2.05, 4.69) is 4.72 Å². The summed E-state index contributed by atoms with van der Waals surface area (Å²) in [6, 6.07) is 7.94. The predicted molar refractivity (Wildman–Crippen MR) is 81.6 cm³/mol. The minimum absolute atomic E-state index is 0.114. The first-order valence-electron chi connectivity index (χ1n) is 5.80. The van der Waals surface area contributed by atoms with Gasteiger partial charge >= 0.3 is 0 Å². The van der Waals surface area contributed by atoms with E-state index in [0.29, 0.717) is 10.6 Å². The van der Waals surface area contributed by atoms with E-state index in [-0.39, 0.29) is 17.3 Å². The molecule has 0 spiro atoms. The number of nitrogens with one attached hydrogen (secondary N) is 1. The van der Waals surface area contributed by atoms with E-state index in [0.717, 1.165) is 12.1 Å². The van der Waals surface area contributed by atoms with Gasteiger partial charge in [0.1, 0.15) is 10.7 Å². The first kappa shape index (κ1) is 16.0. The van der Waals surface area contributed by atoms with Crippen LogP contribution in [0.4, 0.5) is 10.1 Å². The molecular weight excluding hydrogens is 338 g/mol. The summed E-state index contributed by atoms with van der Waals surface area (Å²) in [5, 5.41) is 0.478. The van der Waals surface area contributed by atoms with Gasteiger partial charge in [0.25, 0.3) is 10.0 Å². The average Bonchev–Trinajstić information content (AvgIpc) is 2.41. The van der Waals surface area contributed by atoms with Crippen molar-refractivity contribution in [1.82, 2.24) is 0 Å². The molecule has 2 aromatic carbocycles. The molecule has 0 aliphatic rings. The summed E-state index contributed by atoms with van der Waals surface area (Å²) in [5.74, 6) is -0.879. The number of hydrogen-bond donors (Lipinski definition) is 2. The molecule has 0 aliphatic heterocycles. The zero-order valence-electron chi connectivity index (χ0n) is 10.6. The molecule has 2 aromatic rings. The Bertz CT molecular complexity index is 782. The van der Waals surface area contributed by atoms with Crippen LogP contribution in [0.1, 0.15) is 5.56 Å². The Kier molecular flexibility index (Phi) is 4.73. The molecule has 0 radical (unpaired) electrons. The molecule has 4 nitrogen and oxygen atoms in total. The quantitative estimate of drug-likeness (QED) is 0.889. The van der Waals surface area contributed by atoms with E-state index in [4.69, 9.17) is 28.9 Å². The third-order valence-electron chi connectivity index (χ3n) is 2.70. The number of nitrogens with two attached hydrogens (primary N) is 1. The first-order valence-corrected chi connectivity index (χ1v) is 8.04. The molecule has 0 atom stereocenters. The molecule has 0 unspecified atom stereocenters. The first-order chi connectivity index (χ1) is 9.83. The Hall–Kier alpha value is -1.34. The number of rotatable bonds is 4. The Morgan fingerprint density at radius 3 is 2.43 bits per heavy atom. The average molecular weight is 349 g/mol. The van der Waals surface area contributed by atoms with Crippen molar-refractivity contribution in [3.05, 3.63) is 57.8 Å². The van der Waals surface area contributed by atoms with E-state index in [1.807, 2.05) is 0 Å². The Morgan fingerprint density at radius 1 is 1.14 bits per heavy atom. The maximum atomic E-state index is 13.9. The molecule has 8 heteroatoms. The number of anilines is 1. The zero-order chi connectivity index (χ0) is 15.6. The van der Waals surface area contributed by atoms with E-state index in [9.17, 15) is 12.8 Å². The summed E-state index contributed by atoms with van der Waals surface area (Å²) in [6.07, 6.45) is 0. The molecule has 112 valence electrons. The maximum absolute atomic E-state index is 13.9. The lowest BCUT2D eigenvalue weighted by Crippen LogP contribution is -2.15. The van der Waals surface area contributed by atoms with Crippen LogP contribution in [0, 0.1) is 5.82 Å². The molecule has 0 amide bonds. The smallest absolute Gasteiger partial charge is 0.264 e. The second-order valence-electron chi connectivity index (χ2n) is 4.20. The molecule has 0 bridgehead atoms. The van der Waals surface area contributed by atoms with Crippen molar-refractivity contribution >= 4 is 38.9 Å². The highest BCUT2D eigenvalue weighted by Gasteiger charge is 2.20. The number of benzene rings is 2. The van der Waals surface area contributed by atoms with Gasteiger partial charge in [-0.05, 0) is 35.9 Å². The molecule has 0 heterocycles. The maximum Gasteiger partial charge on any atom is 0.264 e. The Balaban J connectivity index is 2.38. The molecule has 21 heavy (non-hydrogen) atoms. The van der Waals surface area contributed by atoms with Crippen LogP contribution in [0.3, 0.4) is 0 Å². The molecule has 0 fully saturated rings. The van der Waals surface area contributed by atoms with E-state index < -0.39 is 20.7 Å². The molecule has 3 N–H and O–H groups in total. The van der Waals surface area contributed by atoms with E-state index >= 15 is 0 Å². The lowest BCUT2D eigenvalue weighted by Gasteiger charge is -2.11. The van der Waals surface area contributed by atoms with Crippen LogP contribution in [0.25, 0.3) is 0 Å². The lowest BCUT2D eigenvalue weighted by atomic mass is 10.2. The molecule has 0 aliphatic carbocycles. The van der Waals surface area contributed by atoms with Gasteiger partial charge < -0.3 is 5.73 Å². The normalized spacial score (nSPS) is 11.4. The van der Waals surface area contributed by atoms with Gasteiger partial charge in [-0.3, -0.25) is 4.72 Å². The van der Waals surface area contributed by atoms with Crippen molar-refractivity contribution in [1.29, 1.82) is 0 Å². The van der Waals surface area contributed by atoms with Gasteiger partial charge in [-0.1, -0.05) is 29.3 Å². The van der Waals surface area contributed by atoms with Crippen LogP contribution in [0.15, 0.2) is 41.3 Å². The Labute approximate surface area is 131 Å². The second-order valence-corrected chi connectivity index (χ2v) is 6.69. The third-order valence-corrected chi connectivity index (χ3v) is 4.64. The summed E-state index contributed by atoms with van der Waals surface area (Å²) in [4.78, 5) is -0.481. The number of sulfonamides is 1. The Morgan fingerprint density at radius 2 is 1.86 bits per heavy atom. The summed E-state index contributed by atoms with van der Waals surface area (Å²) >= 11 is 11.6. The fraction of sp³-hybridized carbons (Fsp3) is 0.0769. The highest BCUT2D eigenvalue weighted by atomic mass is 35.5. The zero-order valence-corrected chi connectivity index (χ0v) is 12.9. The monoisotopic (exact) mass is 348 g/mol. The topological polar surface area (TPSA) is 72.2 Å². The second kappa shape index (κ2) is 6.19. The molecule has 2 rings (SSSR count). The lowest BCUT2D eigenvalue weighted by molar-refractivity contribution is 0.569. The van der Waals surface area contributed by atoms with Crippen LogP contribution in [0.5, 0.6) is 0 Å². The summed E-state index contributed by atoms with van der Waals surface area (Å²) in [5.41, 5.74) is 5.98. The highest BCUT2D eigenvalue weighted by Crippen LogP contribution is 2.28. The van der Waals surface area contributed by atoms with Crippen LogP contribution < -0.4 is 10.5 Å². The fourth-order valence-corrected chi connectivity index (χ4v) is 3.31. The minimum Gasteiger partial charge on any atom is -0.326 e. The van der Waals surface area contributed by atoms with Gasteiger partial charge in [-0.25, -0.2) is 12.8 Å². The molecule has 0 saturated heterocycles. The predicted octanol–water partition coefficient (Wildman–Crippen LogP) is 3.39. The van der Waals surface area contributed by atoms with Crippen molar-refractivity contribution in [3.8, 4) is 0 Å². The third kappa shape index (κ3) is 3.65. The van der Waals surface area contributed by atoms with Gasteiger partial charge in [-0.2, -0.15) is 0 Å². The van der Waals surface area contributed by atoms with Crippen molar-refractivity contribution in [2.24, 2.45) is 5.73 Å². The minimum atomic E-state index is -4.10. The van der Waals surface area contributed by atoms with Crippen molar-refractivity contribution in [2.75, 3.05) is 4.72 Å². The van der Waals surface area contributed by atoms with Gasteiger partial charge in [-0.15, -0.1) is 0 Å². The summed E-state index contributed by atoms with van der Waals surface area (Å²) in [7, 11) is -4.10. The van der Waals surface area contributed by atoms with Crippen molar-refractivity contribution < 1.29 is 12.8 Å². The molecular formula is C13H11Cl2FN2O2S. The summed E-state index contributed by atoms with van der Waals surface area (Å²) in [6.45, 7) is 0.119. The van der Waals surface area contributed by atoms with E-state index in [1.54, 1.807) is 0 Å². The van der Waals surface area contributed by atoms with Crippen LogP contribution >= 0.6 is 23.2 Å². The fourth-order valence-electron chi connectivity index (χ4n) is 1.66.